The van der Waals surface area contributed by atoms with E-state index in [-0.39, 0.29) is 30.1 Å². The van der Waals surface area contributed by atoms with Crippen LogP contribution in [0.4, 0.5) is 4.39 Å². The molecule has 4 nitrogen and oxygen atoms in total. The first kappa shape index (κ1) is 18.7. The molecule has 2 rings (SSSR count). The predicted octanol–water partition coefficient (Wildman–Crippen LogP) is 2.97. The van der Waals surface area contributed by atoms with E-state index in [9.17, 15) is 9.18 Å². The molecule has 2 N–H and O–H groups in total. The molecule has 0 aromatic heterocycles. The summed E-state index contributed by atoms with van der Waals surface area (Å²) >= 11 is 0. The third-order valence-electron chi connectivity index (χ3n) is 3.94. The minimum absolute atomic E-state index is 0. The number of ether oxygens (including phenoxy) is 1. The van der Waals surface area contributed by atoms with Crippen LogP contribution in [0.2, 0.25) is 0 Å². The van der Waals surface area contributed by atoms with Crippen molar-refractivity contribution in [3.8, 4) is 5.75 Å². The van der Waals surface area contributed by atoms with Gasteiger partial charge >= 0.3 is 0 Å². The maximum absolute atomic E-state index is 13.7. The molecule has 22 heavy (non-hydrogen) atoms. The van der Waals surface area contributed by atoms with Crippen molar-refractivity contribution in [3.63, 3.8) is 0 Å². The zero-order chi connectivity index (χ0) is 15.2. The minimum atomic E-state index is -0.411. The van der Waals surface area contributed by atoms with Gasteiger partial charge in [-0.3, -0.25) is 4.79 Å². The smallest absolute Gasteiger partial charge is 0.220 e. The molecule has 124 valence electrons. The first-order chi connectivity index (χ1) is 10.1. The van der Waals surface area contributed by atoms with Gasteiger partial charge in [0.2, 0.25) is 5.91 Å². The van der Waals surface area contributed by atoms with Crippen LogP contribution in [-0.2, 0) is 4.79 Å². The van der Waals surface area contributed by atoms with Crippen LogP contribution < -0.4 is 15.4 Å². The van der Waals surface area contributed by atoms with Crippen molar-refractivity contribution in [2.75, 3.05) is 13.7 Å². The molecule has 1 aliphatic heterocycles. The lowest BCUT2D eigenvalue weighted by Crippen LogP contribution is -2.29. The topological polar surface area (TPSA) is 50.4 Å². The molecule has 1 aromatic carbocycles. The fourth-order valence-corrected chi connectivity index (χ4v) is 2.66. The van der Waals surface area contributed by atoms with Gasteiger partial charge in [0.1, 0.15) is 0 Å². The summed E-state index contributed by atoms with van der Waals surface area (Å²) in [6.07, 6.45) is 3.69. The molecule has 0 saturated carbocycles. The molecule has 6 heteroatoms. The van der Waals surface area contributed by atoms with Crippen molar-refractivity contribution in [1.29, 1.82) is 0 Å². The maximum Gasteiger partial charge on any atom is 0.220 e. The van der Waals surface area contributed by atoms with E-state index in [0.717, 1.165) is 24.9 Å². The Balaban J connectivity index is 0.00000242. The van der Waals surface area contributed by atoms with Crippen molar-refractivity contribution >= 4 is 18.3 Å². The summed E-state index contributed by atoms with van der Waals surface area (Å²) in [4.78, 5) is 11.9. The SMILES string of the molecule is COc1ccc(C(C)NC(=O)CCC2CCCN2)cc1F.Cl. The third-order valence-corrected chi connectivity index (χ3v) is 3.94. The molecule has 1 heterocycles. The first-order valence-corrected chi connectivity index (χ1v) is 7.46. The zero-order valence-corrected chi connectivity index (χ0v) is 13.8. The second-order valence-electron chi connectivity index (χ2n) is 5.52. The number of rotatable bonds is 6. The minimum Gasteiger partial charge on any atom is -0.494 e. The molecule has 1 amide bonds. The van der Waals surface area contributed by atoms with Crippen LogP contribution in [-0.4, -0.2) is 25.6 Å². The molecule has 0 bridgehead atoms. The van der Waals surface area contributed by atoms with Crippen molar-refractivity contribution in [3.05, 3.63) is 29.6 Å². The summed E-state index contributed by atoms with van der Waals surface area (Å²) in [5.74, 6) is -0.191. The van der Waals surface area contributed by atoms with Gasteiger partial charge in [-0.2, -0.15) is 0 Å². The van der Waals surface area contributed by atoms with Crippen LogP contribution in [0, 0.1) is 5.82 Å². The number of halogens is 2. The quantitative estimate of drug-likeness (QED) is 0.843. The van der Waals surface area contributed by atoms with Gasteiger partial charge < -0.3 is 15.4 Å². The fourth-order valence-electron chi connectivity index (χ4n) is 2.66. The van der Waals surface area contributed by atoms with E-state index in [4.69, 9.17) is 4.74 Å². The van der Waals surface area contributed by atoms with Crippen LogP contribution in [0.25, 0.3) is 0 Å². The van der Waals surface area contributed by atoms with E-state index in [2.05, 4.69) is 10.6 Å². The van der Waals surface area contributed by atoms with Crippen LogP contribution in [0.3, 0.4) is 0 Å². The van der Waals surface area contributed by atoms with Crippen molar-refractivity contribution < 1.29 is 13.9 Å². The lowest BCUT2D eigenvalue weighted by Gasteiger charge is -2.16. The van der Waals surface area contributed by atoms with Gasteiger partial charge in [-0.15, -0.1) is 12.4 Å². The summed E-state index contributed by atoms with van der Waals surface area (Å²) in [6, 6.07) is 5.00. The summed E-state index contributed by atoms with van der Waals surface area (Å²) in [5, 5.41) is 6.28. The highest BCUT2D eigenvalue weighted by molar-refractivity contribution is 5.85. The molecule has 2 unspecified atom stereocenters. The van der Waals surface area contributed by atoms with Crippen LogP contribution >= 0.6 is 12.4 Å². The van der Waals surface area contributed by atoms with Gasteiger partial charge in [0.05, 0.1) is 13.2 Å². The Kier molecular flexibility index (Phi) is 7.62. The average molecular weight is 331 g/mol. The zero-order valence-electron chi connectivity index (χ0n) is 13.0. The largest absolute Gasteiger partial charge is 0.494 e. The number of amides is 1. The third kappa shape index (κ3) is 5.14. The van der Waals surface area contributed by atoms with Gasteiger partial charge in [0, 0.05) is 12.5 Å². The van der Waals surface area contributed by atoms with E-state index >= 15 is 0 Å². The molecule has 2 atom stereocenters. The van der Waals surface area contributed by atoms with Crippen molar-refractivity contribution in [2.24, 2.45) is 0 Å². The van der Waals surface area contributed by atoms with Gasteiger partial charge in [0.15, 0.2) is 11.6 Å². The number of hydrogen-bond donors (Lipinski definition) is 2. The van der Waals surface area contributed by atoms with Crippen LogP contribution in [0.1, 0.15) is 44.2 Å². The molecule has 0 radical (unpaired) electrons. The normalized spacial score (nSPS) is 18.4. The van der Waals surface area contributed by atoms with E-state index in [1.54, 1.807) is 12.1 Å². The lowest BCUT2D eigenvalue weighted by molar-refractivity contribution is -0.121. The van der Waals surface area contributed by atoms with Crippen molar-refractivity contribution in [2.45, 2.75) is 44.7 Å². The molecule has 1 aromatic rings. The Morgan fingerprint density at radius 2 is 2.32 bits per heavy atom. The Morgan fingerprint density at radius 3 is 2.91 bits per heavy atom. The second kappa shape index (κ2) is 8.96. The molecule has 1 aliphatic rings. The molecule has 0 spiro atoms. The Hall–Kier alpha value is -1.33. The first-order valence-electron chi connectivity index (χ1n) is 7.46. The summed E-state index contributed by atoms with van der Waals surface area (Å²) in [5.41, 5.74) is 0.737. The molecular weight excluding hydrogens is 307 g/mol. The van der Waals surface area contributed by atoms with Gasteiger partial charge in [-0.1, -0.05) is 6.07 Å². The Morgan fingerprint density at radius 1 is 1.55 bits per heavy atom. The van der Waals surface area contributed by atoms with Crippen LogP contribution in [0.15, 0.2) is 18.2 Å². The highest BCUT2D eigenvalue weighted by Gasteiger charge is 2.17. The van der Waals surface area contributed by atoms with Crippen LogP contribution in [0.5, 0.6) is 5.75 Å². The van der Waals surface area contributed by atoms with Gasteiger partial charge in [-0.25, -0.2) is 4.39 Å². The fraction of sp³-hybridized carbons (Fsp3) is 0.562. The van der Waals surface area contributed by atoms with Gasteiger partial charge in [0.25, 0.3) is 0 Å². The maximum atomic E-state index is 13.7. The summed E-state index contributed by atoms with van der Waals surface area (Å²) in [6.45, 7) is 2.90. The number of hydrogen-bond acceptors (Lipinski definition) is 3. The molecule has 1 fully saturated rings. The molecule has 0 aliphatic carbocycles. The molecular formula is C16H24ClFN2O2. The van der Waals surface area contributed by atoms with E-state index < -0.39 is 5.82 Å². The number of carbonyl (C=O) groups excluding carboxylic acids is 1. The Bertz CT molecular complexity index is 493. The highest BCUT2D eigenvalue weighted by Crippen LogP contribution is 2.22. The average Bonchev–Trinajstić information content (AvgIpc) is 2.98. The molecule has 1 saturated heterocycles. The standard InChI is InChI=1S/C16H23FN2O2.ClH/c1-11(12-5-7-15(21-2)14(17)10-12)19-16(20)8-6-13-4-3-9-18-13;/h5,7,10-11,13,18H,3-4,6,8-9H2,1-2H3,(H,19,20);1H. The van der Waals surface area contributed by atoms with E-state index in [1.165, 1.54) is 19.6 Å². The highest BCUT2D eigenvalue weighted by atomic mass is 35.5. The summed E-state index contributed by atoms with van der Waals surface area (Å²) in [7, 11) is 1.43. The predicted molar refractivity (Wildman–Crippen MR) is 87.0 cm³/mol. The van der Waals surface area contributed by atoms with Crippen molar-refractivity contribution in [1.82, 2.24) is 10.6 Å². The van der Waals surface area contributed by atoms with E-state index in [1.807, 2.05) is 6.92 Å². The monoisotopic (exact) mass is 330 g/mol. The number of methoxy groups -OCH3 is 1. The number of carbonyl (C=O) groups is 1. The number of nitrogens with one attached hydrogen (secondary N) is 2. The lowest BCUT2D eigenvalue weighted by atomic mass is 10.1. The number of benzene rings is 1. The van der Waals surface area contributed by atoms with Gasteiger partial charge in [-0.05, 0) is 50.4 Å². The Labute approximate surface area is 137 Å². The van der Waals surface area contributed by atoms with E-state index in [0.29, 0.717) is 12.5 Å². The second-order valence-corrected chi connectivity index (χ2v) is 5.52. The summed E-state index contributed by atoms with van der Waals surface area (Å²) < 4.78 is 18.5.